The molecule has 0 radical (unpaired) electrons. The molecule has 3 aliphatic rings. The van der Waals surface area contributed by atoms with E-state index in [9.17, 15) is 14.4 Å². The van der Waals surface area contributed by atoms with E-state index >= 15 is 0 Å². The average molecular weight is 609 g/mol. The van der Waals surface area contributed by atoms with E-state index in [0.717, 1.165) is 49.7 Å². The molecule has 0 heterocycles. The molecule has 2 saturated carbocycles. The van der Waals surface area contributed by atoms with Crippen molar-refractivity contribution in [1.82, 2.24) is 0 Å². The molecule has 5 nitrogen and oxygen atoms in total. The topological polar surface area (TPSA) is 69.7 Å². The van der Waals surface area contributed by atoms with E-state index in [0.29, 0.717) is 35.0 Å². The van der Waals surface area contributed by atoms with Crippen LogP contribution in [-0.4, -0.2) is 17.7 Å². The lowest BCUT2D eigenvalue weighted by Crippen LogP contribution is -2.42. The van der Waals surface area contributed by atoms with Gasteiger partial charge >= 0.3 is 11.9 Å². The first kappa shape index (κ1) is 32.7. The number of ether oxygens (including phenoxy) is 2. The third kappa shape index (κ3) is 7.08. The van der Waals surface area contributed by atoms with Crippen LogP contribution in [0.2, 0.25) is 0 Å². The van der Waals surface area contributed by atoms with Gasteiger partial charge in [-0.25, -0.2) is 0 Å². The minimum atomic E-state index is -0.496. The highest BCUT2D eigenvalue weighted by Crippen LogP contribution is 2.59. The Hall–Kier alpha value is -3.73. The van der Waals surface area contributed by atoms with Crippen molar-refractivity contribution in [2.24, 2.45) is 28.1 Å². The molecule has 4 atom stereocenters. The molecule has 0 bridgehead atoms. The largest absolute Gasteiger partial charge is 0.426 e. The number of esters is 2. The number of benzene rings is 3. The van der Waals surface area contributed by atoms with Crippen molar-refractivity contribution in [1.29, 1.82) is 0 Å². The normalized spacial score (nSPS) is 23.9. The molecule has 0 aromatic heterocycles. The Morgan fingerprint density at radius 3 is 1.91 bits per heavy atom. The number of hydrogen-bond acceptors (Lipinski definition) is 5. The van der Waals surface area contributed by atoms with Crippen LogP contribution in [0.3, 0.4) is 0 Å². The van der Waals surface area contributed by atoms with Crippen molar-refractivity contribution in [2.45, 2.75) is 92.9 Å². The number of hydrogen-bond donors (Lipinski definition) is 0. The van der Waals surface area contributed by atoms with Crippen LogP contribution in [0.5, 0.6) is 11.5 Å². The zero-order valence-electron chi connectivity index (χ0n) is 27.9. The molecule has 3 aromatic carbocycles. The number of Topliss-reactive ketones (excluding diaryl/α,β-unsaturated/α-hetero) is 1. The molecule has 238 valence electrons. The number of rotatable bonds is 3. The fourth-order valence-electron chi connectivity index (χ4n) is 7.26. The predicted octanol–water partition coefficient (Wildman–Crippen LogP) is 9.37. The van der Waals surface area contributed by atoms with E-state index in [-0.39, 0.29) is 17.4 Å². The van der Waals surface area contributed by atoms with Gasteiger partial charge in [0, 0.05) is 11.8 Å². The fourth-order valence-corrected chi connectivity index (χ4v) is 7.26. The zero-order chi connectivity index (χ0) is 32.6. The summed E-state index contributed by atoms with van der Waals surface area (Å²) < 4.78 is 10.9. The molecular formula is C40H48O5. The Morgan fingerprint density at radius 1 is 0.711 bits per heavy atom. The maximum absolute atomic E-state index is 12.4. The summed E-state index contributed by atoms with van der Waals surface area (Å²) in [4.78, 5) is 36.4. The SMILES string of the molecule is CC(C)(C)C(=O)Oc1ccc(-c2ccccc2)cc1.CC(C)(C)C(=O)Oc1ccc2c(c1)CC[C@@H]1[C@@H]2CC[C@]2(C)C(=O)CC[C@@H]12. The molecular weight excluding hydrogens is 560 g/mol. The summed E-state index contributed by atoms with van der Waals surface area (Å²) in [5.74, 6) is 3.09. The van der Waals surface area contributed by atoms with Crippen LogP contribution in [0.1, 0.15) is 97.6 Å². The van der Waals surface area contributed by atoms with Gasteiger partial charge in [0.1, 0.15) is 17.3 Å². The van der Waals surface area contributed by atoms with Gasteiger partial charge in [0.2, 0.25) is 0 Å². The second kappa shape index (κ2) is 12.6. The molecule has 0 saturated heterocycles. The van der Waals surface area contributed by atoms with Gasteiger partial charge < -0.3 is 9.47 Å². The molecule has 0 amide bonds. The smallest absolute Gasteiger partial charge is 0.316 e. The Kier molecular flexibility index (Phi) is 9.13. The lowest BCUT2D eigenvalue weighted by atomic mass is 9.55. The first-order valence-electron chi connectivity index (χ1n) is 16.4. The first-order valence-corrected chi connectivity index (χ1v) is 16.4. The van der Waals surface area contributed by atoms with Crippen LogP contribution in [0.15, 0.2) is 72.8 Å². The van der Waals surface area contributed by atoms with Gasteiger partial charge in [-0.1, -0.05) is 55.5 Å². The number of aryl methyl sites for hydroxylation is 1. The summed E-state index contributed by atoms with van der Waals surface area (Å²) in [6, 6.07) is 23.9. The quantitative estimate of drug-likeness (QED) is 0.219. The fraction of sp³-hybridized carbons (Fsp3) is 0.475. The van der Waals surface area contributed by atoms with E-state index in [4.69, 9.17) is 9.47 Å². The summed E-state index contributed by atoms with van der Waals surface area (Å²) in [7, 11) is 0. The maximum atomic E-state index is 12.4. The van der Waals surface area contributed by atoms with Crippen molar-refractivity contribution in [2.75, 3.05) is 0 Å². The standard InChI is InChI=1S/C23H30O3.C17H18O2/c1-22(2,3)21(25)26-15-6-8-16-14(13-15)5-7-18-17(16)11-12-23(4)19(18)9-10-20(23)24;1-17(2,3)16(18)19-15-11-9-14(10-12-15)13-7-5-4-6-8-13/h6,8,13,17-19H,5,7,9-12H2,1-4H3;4-12H,1-3H3/t17-,18-,19+,23+;/m1./s1. The highest BCUT2D eigenvalue weighted by molar-refractivity contribution is 5.87. The minimum Gasteiger partial charge on any atom is -0.426 e. The van der Waals surface area contributed by atoms with E-state index in [1.54, 1.807) is 0 Å². The van der Waals surface area contributed by atoms with Crippen LogP contribution in [0, 0.1) is 28.1 Å². The molecule has 0 spiro atoms. The second-order valence-electron chi connectivity index (χ2n) is 15.4. The van der Waals surface area contributed by atoms with Crippen LogP contribution < -0.4 is 9.47 Å². The Balaban J connectivity index is 0.000000187. The van der Waals surface area contributed by atoms with Crippen LogP contribution in [0.25, 0.3) is 11.1 Å². The molecule has 6 rings (SSSR count). The Bertz CT molecular complexity index is 1540. The third-order valence-corrected chi connectivity index (χ3v) is 10.0. The van der Waals surface area contributed by atoms with Gasteiger partial charge in [-0.15, -0.1) is 0 Å². The van der Waals surface area contributed by atoms with Gasteiger partial charge in [0.15, 0.2) is 0 Å². The van der Waals surface area contributed by atoms with Crippen LogP contribution in [0.4, 0.5) is 0 Å². The van der Waals surface area contributed by atoms with E-state index in [1.807, 2.05) is 90.1 Å². The molecule has 0 unspecified atom stereocenters. The third-order valence-electron chi connectivity index (χ3n) is 10.0. The first-order chi connectivity index (χ1) is 21.2. The van der Waals surface area contributed by atoms with Gasteiger partial charge in [-0.2, -0.15) is 0 Å². The lowest BCUT2D eigenvalue weighted by Gasteiger charge is -2.48. The second-order valence-corrected chi connectivity index (χ2v) is 15.4. The van der Waals surface area contributed by atoms with Crippen molar-refractivity contribution >= 4 is 17.7 Å². The van der Waals surface area contributed by atoms with Crippen LogP contribution >= 0.6 is 0 Å². The highest BCUT2D eigenvalue weighted by Gasteiger charge is 2.54. The van der Waals surface area contributed by atoms with Gasteiger partial charge in [-0.3, -0.25) is 14.4 Å². The molecule has 45 heavy (non-hydrogen) atoms. The average Bonchev–Trinajstić information content (AvgIpc) is 3.31. The number of carbonyl (C=O) groups excluding carboxylic acids is 3. The Morgan fingerprint density at radius 2 is 1.29 bits per heavy atom. The van der Waals surface area contributed by atoms with E-state index < -0.39 is 10.8 Å². The predicted molar refractivity (Wildman–Crippen MR) is 178 cm³/mol. The van der Waals surface area contributed by atoms with Crippen LogP contribution in [-0.2, 0) is 20.8 Å². The molecule has 5 heteroatoms. The van der Waals surface area contributed by atoms with Crippen molar-refractivity contribution in [3.05, 3.63) is 83.9 Å². The van der Waals surface area contributed by atoms with E-state index in [1.165, 1.54) is 11.1 Å². The number of ketones is 1. The monoisotopic (exact) mass is 608 g/mol. The van der Waals surface area contributed by atoms with Gasteiger partial charge in [0.05, 0.1) is 10.8 Å². The van der Waals surface area contributed by atoms with Crippen molar-refractivity contribution in [3.8, 4) is 22.6 Å². The molecule has 2 fully saturated rings. The summed E-state index contributed by atoms with van der Waals surface area (Å²) in [6.07, 6.45) is 6.17. The maximum Gasteiger partial charge on any atom is 0.316 e. The number of carbonyl (C=O) groups is 3. The summed E-state index contributed by atoms with van der Waals surface area (Å²) in [5.41, 5.74) is 3.96. The highest BCUT2D eigenvalue weighted by atomic mass is 16.5. The summed E-state index contributed by atoms with van der Waals surface area (Å²) >= 11 is 0. The zero-order valence-corrected chi connectivity index (χ0v) is 27.9. The summed E-state index contributed by atoms with van der Waals surface area (Å²) in [6.45, 7) is 13.4. The van der Waals surface area contributed by atoms with Gasteiger partial charge in [-0.05, 0) is 138 Å². The molecule has 0 aliphatic heterocycles. The number of fused-ring (bicyclic) bond motifs is 5. The lowest BCUT2D eigenvalue weighted by molar-refractivity contribution is -0.143. The molecule has 3 aliphatic carbocycles. The van der Waals surface area contributed by atoms with E-state index in [2.05, 4.69) is 31.2 Å². The van der Waals surface area contributed by atoms with Crippen molar-refractivity contribution in [3.63, 3.8) is 0 Å². The minimum absolute atomic E-state index is 0.0686. The van der Waals surface area contributed by atoms with Crippen molar-refractivity contribution < 1.29 is 23.9 Å². The van der Waals surface area contributed by atoms with Gasteiger partial charge in [0.25, 0.3) is 0 Å². The summed E-state index contributed by atoms with van der Waals surface area (Å²) in [5, 5.41) is 0. The Labute approximate surface area is 268 Å². The molecule has 3 aromatic rings. The molecule has 0 N–H and O–H groups in total.